The molecule has 2 N–H and O–H groups in total. The van der Waals surface area contributed by atoms with Gasteiger partial charge in [0.15, 0.2) is 0 Å². The number of nitriles is 3. The monoisotopic (exact) mass is 390 g/mol. The number of rotatable bonds is 1. The first-order valence-electron chi connectivity index (χ1n) is 9.38. The van der Waals surface area contributed by atoms with Gasteiger partial charge in [-0.3, -0.25) is 0 Å². The van der Waals surface area contributed by atoms with Gasteiger partial charge < -0.3 is 5.73 Å². The molecule has 5 heteroatoms. The summed E-state index contributed by atoms with van der Waals surface area (Å²) in [5.74, 6) is -0.0284. The Hall–Kier alpha value is -2.74. The molecule has 2 aliphatic rings. The summed E-state index contributed by atoms with van der Waals surface area (Å²) < 4.78 is 0. The van der Waals surface area contributed by atoms with Gasteiger partial charge in [0.2, 0.25) is 5.41 Å². The molecule has 142 valence electrons. The predicted molar refractivity (Wildman–Crippen MR) is 108 cm³/mol. The van der Waals surface area contributed by atoms with Crippen LogP contribution < -0.4 is 5.73 Å². The Morgan fingerprint density at radius 2 is 1.71 bits per heavy atom. The molecular formula is C23H23ClN4. The quantitative estimate of drug-likeness (QED) is 0.665. The maximum Gasteiger partial charge on any atom is 0.204 e. The van der Waals surface area contributed by atoms with Crippen LogP contribution in [0.4, 0.5) is 0 Å². The zero-order valence-corrected chi connectivity index (χ0v) is 17.1. The van der Waals surface area contributed by atoms with Crippen molar-refractivity contribution in [3.63, 3.8) is 0 Å². The van der Waals surface area contributed by atoms with Gasteiger partial charge in [-0.05, 0) is 53.4 Å². The Morgan fingerprint density at radius 1 is 1.11 bits per heavy atom. The smallest absolute Gasteiger partial charge is 0.204 e. The van der Waals surface area contributed by atoms with Crippen LogP contribution in [0.25, 0.3) is 0 Å². The van der Waals surface area contributed by atoms with E-state index in [1.807, 2.05) is 18.2 Å². The van der Waals surface area contributed by atoms with E-state index < -0.39 is 5.41 Å². The molecular weight excluding hydrogens is 368 g/mol. The molecule has 4 nitrogen and oxygen atoms in total. The number of nitrogens with zero attached hydrogens (tertiary/aromatic N) is 3. The van der Waals surface area contributed by atoms with Crippen LogP contribution in [0.1, 0.15) is 45.1 Å². The molecule has 28 heavy (non-hydrogen) atoms. The highest BCUT2D eigenvalue weighted by molar-refractivity contribution is 6.30. The average molecular weight is 391 g/mol. The highest BCUT2D eigenvalue weighted by Gasteiger charge is 2.53. The zero-order chi connectivity index (χ0) is 20.7. The standard InChI is InChI=1S/C23H23ClN4/c1-22(2,3)15-6-9-19-17(10-15)20(14-4-7-16(24)8-5-14)18(11-25)21(28)23(19,12-26)13-27/h4-5,7-9,15,17,20H,6,10,28H2,1-3H3/t15-,17+,20-/m1/s1. The first-order valence-corrected chi connectivity index (χ1v) is 9.76. The normalized spacial score (nSPS) is 26.3. The lowest BCUT2D eigenvalue weighted by atomic mass is 9.55. The van der Waals surface area contributed by atoms with Gasteiger partial charge >= 0.3 is 0 Å². The van der Waals surface area contributed by atoms with Crippen molar-refractivity contribution in [2.45, 2.75) is 39.5 Å². The number of allylic oxidation sites excluding steroid dienone is 3. The highest BCUT2D eigenvalue weighted by atomic mass is 35.5. The molecule has 2 aliphatic carbocycles. The molecule has 0 bridgehead atoms. The number of halogens is 1. The van der Waals surface area contributed by atoms with Crippen LogP contribution >= 0.6 is 11.6 Å². The van der Waals surface area contributed by atoms with Gasteiger partial charge in [0, 0.05) is 10.9 Å². The number of nitrogens with two attached hydrogens (primary N) is 1. The number of benzene rings is 1. The summed E-state index contributed by atoms with van der Waals surface area (Å²) in [6.07, 6.45) is 3.62. The van der Waals surface area contributed by atoms with Crippen LogP contribution in [-0.2, 0) is 0 Å². The van der Waals surface area contributed by atoms with Crippen LogP contribution in [0.3, 0.4) is 0 Å². The molecule has 0 amide bonds. The van der Waals surface area contributed by atoms with Crippen molar-refractivity contribution in [2.24, 2.45) is 28.4 Å². The molecule has 0 spiro atoms. The highest BCUT2D eigenvalue weighted by Crippen LogP contribution is 2.57. The fraction of sp³-hybridized carbons (Fsp3) is 0.435. The third kappa shape index (κ3) is 2.97. The van der Waals surface area contributed by atoms with Crippen LogP contribution in [-0.4, -0.2) is 0 Å². The number of fused-ring (bicyclic) bond motifs is 1. The SMILES string of the molecule is CC(C)(C)[C@@H]1CC=C2[C@H](C1)[C@@H](c1ccc(Cl)cc1)C(C#N)=C(N)C2(C#N)C#N. The molecule has 0 fully saturated rings. The fourth-order valence-electron chi connectivity index (χ4n) is 4.60. The molecule has 1 aromatic carbocycles. The maximum absolute atomic E-state index is 9.93. The van der Waals surface area contributed by atoms with Gasteiger partial charge in [-0.1, -0.05) is 50.6 Å². The molecule has 3 atom stereocenters. The summed E-state index contributed by atoms with van der Waals surface area (Å²) in [7, 11) is 0. The molecule has 0 heterocycles. The minimum absolute atomic E-state index is 0.0664. The van der Waals surface area contributed by atoms with E-state index in [1.54, 1.807) is 12.1 Å². The van der Waals surface area contributed by atoms with E-state index in [9.17, 15) is 15.8 Å². The first kappa shape index (κ1) is 20.0. The van der Waals surface area contributed by atoms with E-state index >= 15 is 0 Å². The van der Waals surface area contributed by atoms with E-state index in [4.69, 9.17) is 17.3 Å². The predicted octanol–water partition coefficient (Wildman–Crippen LogP) is 5.21. The van der Waals surface area contributed by atoms with Crippen molar-refractivity contribution >= 4 is 11.6 Å². The Bertz CT molecular complexity index is 960. The van der Waals surface area contributed by atoms with Crippen molar-refractivity contribution in [3.8, 4) is 18.2 Å². The first-order chi connectivity index (χ1) is 13.2. The van der Waals surface area contributed by atoms with Crippen molar-refractivity contribution in [2.75, 3.05) is 0 Å². The number of hydrogen-bond acceptors (Lipinski definition) is 4. The summed E-state index contributed by atoms with van der Waals surface area (Å²) in [6.45, 7) is 6.61. The summed E-state index contributed by atoms with van der Waals surface area (Å²) in [5.41, 5.74) is 6.89. The second-order valence-corrected chi connectivity index (χ2v) is 9.18. The molecule has 0 saturated heterocycles. The minimum atomic E-state index is -1.57. The Balaban J connectivity index is 2.27. The lowest BCUT2D eigenvalue weighted by molar-refractivity contribution is 0.180. The van der Waals surface area contributed by atoms with Gasteiger partial charge in [0.1, 0.15) is 0 Å². The van der Waals surface area contributed by atoms with Crippen molar-refractivity contribution in [1.29, 1.82) is 15.8 Å². The zero-order valence-electron chi connectivity index (χ0n) is 16.3. The van der Waals surface area contributed by atoms with Gasteiger partial charge in [-0.15, -0.1) is 0 Å². The van der Waals surface area contributed by atoms with Gasteiger partial charge in [0.25, 0.3) is 0 Å². The summed E-state index contributed by atoms with van der Waals surface area (Å²) in [6, 6.07) is 13.9. The van der Waals surface area contributed by atoms with Crippen LogP contribution in [0.15, 0.2) is 47.2 Å². The van der Waals surface area contributed by atoms with Crippen molar-refractivity contribution in [1.82, 2.24) is 0 Å². The van der Waals surface area contributed by atoms with Crippen LogP contribution in [0.5, 0.6) is 0 Å². The van der Waals surface area contributed by atoms with E-state index in [0.29, 0.717) is 16.5 Å². The summed E-state index contributed by atoms with van der Waals surface area (Å²) in [5, 5.41) is 30.4. The Morgan fingerprint density at radius 3 is 2.21 bits per heavy atom. The molecule has 0 saturated carbocycles. The van der Waals surface area contributed by atoms with Crippen molar-refractivity contribution < 1.29 is 0 Å². The van der Waals surface area contributed by atoms with Crippen molar-refractivity contribution in [3.05, 3.63) is 57.8 Å². The Kier molecular flexibility index (Phi) is 5.01. The third-order valence-electron chi connectivity index (χ3n) is 6.31. The number of hydrogen-bond donors (Lipinski definition) is 1. The van der Waals surface area contributed by atoms with E-state index in [1.165, 1.54) is 0 Å². The largest absolute Gasteiger partial charge is 0.399 e. The molecule has 1 aromatic rings. The molecule has 0 unspecified atom stereocenters. The topological polar surface area (TPSA) is 97.4 Å². The average Bonchev–Trinajstić information content (AvgIpc) is 2.67. The second kappa shape index (κ2) is 7.01. The third-order valence-corrected chi connectivity index (χ3v) is 6.56. The molecule has 0 radical (unpaired) electrons. The maximum atomic E-state index is 9.93. The summed E-state index contributed by atoms with van der Waals surface area (Å²) in [4.78, 5) is 0. The van der Waals surface area contributed by atoms with E-state index in [2.05, 4.69) is 39.0 Å². The lowest BCUT2D eigenvalue weighted by Gasteiger charge is -2.46. The van der Waals surface area contributed by atoms with E-state index in [-0.39, 0.29) is 22.9 Å². The fourth-order valence-corrected chi connectivity index (χ4v) is 4.73. The molecule has 0 aromatic heterocycles. The van der Waals surface area contributed by atoms with Crippen LogP contribution in [0, 0.1) is 56.7 Å². The van der Waals surface area contributed by atoms with E-state index in [0.717, 1.165) is 24.0 Å². The minimum Gasteiger partial charge on any atom is -0.399 e. The molecule has 3 rings (SSSR count). The van der Waals surface area contributed by atoms with Crippen LogP contribution in [0.2, 0.25) is 5.02 Å². The van der Waals surface area contributed by atoms with Gasteiger partial charge in [-0.2, -0.15) is 15.8 Å². The lowest BCUT2D eigenvalue weighted by Crippen LogP contribution is -2.43. The molecule has 0 aliphatic heterocycles. The van der Waals surface area contributed by atoms with Gasteiger partial charge in [-0.25, -0.2) is 0 Å². The summed E-state index contributed by atoms with van der Waals surface area (Å²) >= 11 is 6.06. The van der Waals surface area contributed by atoms with Gasteiger partial charge in [0.05, 0.1) is 29.5 Å². The Labute approximate surface area is 171 Å². The second-order valence-electron chi connectivity index (χ2n) is 8.74.